The first-order valence-corrected chi connectivity index (χ1v) is 35.5. The summed E-state index contributed by atoms with van der Waals surface area (Å²) in [5.74, 6) is -3.99. The highest BCUT2D eigenvalue weighted by molar-refractivity contribution is 6.14. The van der Waals surface area contributed by atoms with E-state index >= 15 is 0 Å². The van der Waals surface area contributed by atoms with Crippen molar-refractivity contribution in [2.75, 3.05) is 46.2 Å². The summed E-state index contributed by atoms with van der Waals surface area (Å²) in [6.07, 6.45) is 2.38. The van der Waals surface area contributed by atoms with Gasteiger partial charge in [0.15, 0.2) is 11.6 Å². The first-order chi connectivity index (χ1) is 49.0. The highest BCUT2D eigenvalue weighted by Gasteiger charge is 2.39. The number of carbonyl (C=O) groups is 5. The SMILES string of the molecule is C=Cc1c(C)c2cc3nc(c4c5[nH]c(cc6nc(cc1[nH]2)C(C)=C6CC)c(C)c5C(=O)C4)C(CCC(=O)CC(CO)C(CO)OCC(COC(CO)C(CO)NC(=O)CCC1c2nc(cc4[nH]c(cc5nc(cc6[nH]c7c2CC(=O)c7c6C)C(CC)=C5C)c(C=C)c4C)[C@H]1C)OCC(=O)O)[C@@H]3C. The zero-order valence-electron chi connectivity index (χ0n) is 59.8. The average molecular weight is 1390 g/mol. The van der Waals surface area contributed by atoms with Gasteiger partial charge in [0.25, 0.3) is 0 Å². The van der Waals surface area contributed by atoms with Crippen LogP contribution in [0.15, 0.2) is 49.6 Å². The number of H-pyrrole nitrogens is 4. The van der Waals surface area contributed by atoms with Gasteiger partial charge in [0.05, 0.1) is 90.4 Å². The van der Waals surface area contributed by atoms with Crippen molar-refractivity contribution >= 4 is 108 Å². The van der Waals surface area contributed by atoms with Gasteiger partial charge in [-0.25, -0.2) is 14.8 Å². The number of ether oxygens (including phenoxy) is 3. The number of ketones is 3. The average Bonchev–Trinajstić information content (AvgIpc) is 1.59. The molecule has 22 heteroatoms. The smallest absolute Gasteiger partial charge is 0.329 e. The highest BCUT2D eigenvalue weighted by Crippen LogP contribution is 2.47. The lowest BCUT2D eigenvalue weighted by Crippen LogP contribution is -2.49. The fourth-order valence-corrected chi connectivity index (χ4v) is 16.1. The second kappa shape index (κ2) is 30.1. The molecule has 10 N–H and O–H groups in total. The molecule has 6 aromatic heterocycles. The van der Waals surface area contributed by atoms with Crippen molar-refractivity contribution in [1.29, 1.82) is 0 Å². The van der Waals surface area contributed by atoms with E-state index in [0.717, 1.165) is 153 Å². The molecule has 1 amide bonds. The summed E-state index contributed by atoms with van der Waals surface area (Å²) in [6, 6.07) is 11.0. The lowest BCUT2D eigenvalue weighted by Gasteiger charge is -2.29. The Bertz CT molecular complexity index is 4580. The minimum atomic E-state index is -1.31. The van der Waals surface area contributed by atoms with Crippen molar-refractivity contribution in [2.24, 2.45) is 5.92 Å². The third-order valence-electron chi connectivity index (χ3n) is 22.2. The predicted molar refractivity (Wildman–Crippen MR) is 394 cm³/mol. The van der Waals surface area contributed by atoms with Crippen LogP contribution in [0.2, 0.25) is 0 Å². The number of aliphatic hydroxyl groups is 4. The molecule has 6 aliphatic rings. The van der Waals surface area contributed by atoms with Gasteiger partial charge in [-0.1, -0.05) is 53.0 Å². The Kier molecular flexibility index (Phi) is 21.4. The number of fused-ring (bicyclic) bond motifs is 16. The van der Waals surface area contributed by atoms with Crippen molar-refractivity contribution in [3.63, 3.8) is 0 Å². The Morgan fingerprint density at radius 3 is 1.46 bits per heavy atom. The Balaban J connectivity index is 0.725. The van der Waals surface area contributed by atoms with E-state index in [9.17, 15) is 49.5 Å². The van der Waals surface area contributed by atoms with E-state index in [1.807, 2.05) is 76.2 Å². The number of hydrogen-bond donors (Lipinski definition) is 10. The molecular formula is C80H93N9O13. The highest BCUT2D eigenvalue weighted by atomic mass is 16.6. The number of Topliss-reactive ketones (excluding diaryl/α,β-unsaturated/α-hetero) is 3. The Hall–Kier alpha value is -9.13. The standard InChI is InChI=1S/C80H93N9O13/c1-13-48-37(5)56-24-60-41(9)52(77(86-60)54-22-69(95)75-43(11)62(88-79(54)75)28-66-50(15-3)39(7)58(83-66)26-64(48)81-56)18-17-46(94)21-45(30-90)71(32-92)101-34-47(100-36-74(98)99)35-102-72(33-93)68(31-91)85-73(97)20-19-53-42(10)61-25-57-38(6)49(14-2)65(82-57)27-59-40(8)51(16-4)67(84-59)29-63-44(12)76-70(96)23-55(78(53)87-61)80(76)89-63/h13-14,24-29,41-42,45,47,52-53,68,71-72,81-82,88-93H,1-2,15-23,30-36H2,3-12H3,(H,85,97)(H,98,99)/t41-,42-,45?,47?,52?,53?,68?,71?,72?/m0/s1. The van der Waals surface area contributed by atoms with Crippen LogP contribution in [0.3, 0.4) is 0 Å². The van der Waals surface area contributed by atoms with Gasteiger partial charge in [-0.15, -0.1) is 0 Å². The topological polar surface area (TPSA) is 341 Å². The van der Waals surface area contributed by atoms with Gasteiger partial charge in [0.2, 0.25) is 5.91 Å². The van der Waals surface area contributed by atoms with E-state index in [0.29, 0.717) is 40.7 Å². The van der Waals surface area contributed by atoms with Gasteiger partial charge < -0.3 is 65.0 Å². The number of amides is 1. The largest absolute Gasteiger partial charge is 0.480 e. The normalized spacial score (nSPS) is 18.5. The molecule has 536 valence electrons. The molecule has 7 unspecified atom stereocenters. The van der Waals surface area contributed by atoms with Gasteiger partial charge in [0, 0.05) is 146 Å². The van der Waals surface area contributed by atoms with Crippen molar-refractivity contribution in [1.82, 2.24) is 45.2 Å². The van der Waals surface area contributed by atoms with Crippen molar-refractivity contribution < 1.29 is 63.7 Å². The fraction of sp³-hybridized carbons (Fsp3) is 0.438. The van der Waals surface area contributed by atoms with E-state index in [1.165, 1.54) is 0 Å². The van der Waals surface area contributed by atoms with Crippen LogP contribution in [-0.4, -0.2) is 165 Å². The quantitative estimate of drug-likeness (QED) is 0.0218. The molecule has 6 aromatic rings. The molecule has 12 rings (SSSR count). The molecule has 0 aromatic carbocycles. The van der Waals surface area contributed by atoms with Crippen molar-refractivity contribution in [2.45, 2.75) is 175 Å². The molecule has 4 aliphatic heterocycles. The molecule has 22 nitrogen and oxygen atoms in total. The number of carboxylic acid groups (broad SMARTS) is 1. The summed E-state index contributed by atoms with van der Waals surface area (Å²) in [7, 11) is 0. The summed E-state index contributed by atoms with van der Waals surface area (Å²) < 4.78 is 17.9. The first kappa shape index (κ1) is 72.7. The molecule has 0 saturated heterocycles. The van der Waals surface area contributed by atoms with Crippen molar-refractivity contribution in [3.05, 3.63) is 151 Å². The monoisotopic (exact) mass is 1390 g/mol. The minimum absolute atomic E-state index is 0.0241. The predicted octanol–water partition coefficient (Wildman–Crippen LogP) is 11.9. The van der Waals surface area contributed by atoms with Crippen molar-refractivity contribution in [3.8, 4) is 0 Å². The second-order valence-electron chi connectivity index (χ2n) is 28.1. The molecule has 0 radical (unpaired) electrons. The molecule has 102 heavy (non-hydrogen) atoms. The van der Waals surface area contributed by atoms with Crippen LogP contribution in [0, 0.1) is 33.6 Å². The maximum Gasteiger partial charge on any atom is 0.329 e. The van der Waals surface area contributed by atoms with Crippen LogP contribution in [0.4, 0.5) is 0 Å². The van der Waals surface area contributed by atoms with Crippen LogP contribution >= 0.6 is 0 Å². The third kappa shape index (κ3) is 13.7. The number of aryl methyl sites for hydroxylation is 4. The van der Waals surface area contributed by atoms with Crippen LogP contribution in [0.25, 0.3) is 78.6 Å². The summed E-state index contributed by atoms with van der Waals surface area (Å²) in [5, 5.41) is 55.6. The molecular weight excluding hydrogens is 1290 g/mol. The van der Waals surface area contributed by atoms with Crippen LogP contribution in [0.5, 0.6) is 0 Å². The molecule has 0 spiro atoms. The lowest BCUT2D eigenvalue weighted by molar-refractivity contribution is -0.154. The first-order valence-electron chi connectivity index (χ1n) is 35.5. The molecule has 2 aliphatic carbocycles. The van der Waals surface area contributed by atoms with E-state index in [4.69, 9.17) is 34.1 Å². The number of aliphatic carboxylic acids is 1. The number of aliphatic hydroxyl groups excluding tert-OH is 4. The van der Waals surface area contributed by atoms with E-state index < -0.39 is 88.4 Å². The van der Waals surface area contributed by atoms with Gasteiger partial charge in [-0.05, 0) is 148 Å². The Labute approximate surface area is 591 Å². The summed E-state index contributed by atoms with van der Waals surface area (Å²) >= 11 is 0. The third-order valence-corrected chi connectivity index (χ3v) is 22.2. The molecule has 0 saturated carbocycles. The number of nitrogens with one attached hydrogen (secondary N) is 5. The molecule has 10 heterocycles. The molecule has 0 fully saturated rings. The molecule has 16 bridgehead atoms. The number of rotatable bonds is 28. The van der Waals surface area contributed by atoms with Crippen LogP contribution < -0.4 is 5.32 Å². The number of aromatic amines is 4. The number of nitrogens with zero attached hydrogens (tertiary/aromatic N) is 4. The zero-order chi connectivity index (χ0) is 72.9. The number of allylic oxidation sites excluding steroid dienone is 4. The molecule has 9 atom stereocenters. The maximum absolute atomic E-state index is 14.3. The van der Waals surface area contributed by atoms with E-state index in [2.05, 4.69) is 80.0 Å². The lowest BCUT2D eigenvalue weighted by atomic mass is 9.84. The fourth-order valence-electron chi connectivity index (χ4n) is 16.1. The van der Waals surface area contributed by atoms with Gasteiger partial charge >= 0.3 is 5.97 Å². The van der Waals surface area contributed by atoms with Crippen LogP contribution in [0.1, 0.15) is 221 Å². The summed E-state index contributed by atoms with van der Waals surface area (Å²) in [6.45, 7) is 24.6. The van der Waals surface area contributed by atoms with Gasteiger partial charge in [-0.3, -0.25) is 29.1 Å². The Morgan fingerprint density at radius 2 is 1.03 bits per heavy atom. The Morgan fingerprint density at radius 1 is 0.578 bits per heavy atom. The number of hydrogen-bond acceptors (Lipinski definition) is 16. The second-order valence-corrected chi connectivity index (χ2v) is 28.1. The minimum Gasteiger partial charge on any atom is -0.480 e. The van der Waals surface area contributed by atoms with Crippen LogP contribution in [-0.2, 0) is 41.4 Å². The zero-order valence-corrected chi connectivity index (χ0v) is 59.8. The maximum atomic E-state index is 14.3. The van der Waals surface area contributed by atoms with Gasteiger partial charge in [-0.2, -0.15) is 0 Å². The van der Waals surface area contributed by atoms with E-state index in [-0.39, 0.29) is 73.1 Å². The number of aromatic nitrogens is 8. The van der Waals surface area contributed by atoms with E-state index in [1.54, 1.807) is 0 Å². The summed E-state index contributed by atoms with van der Waals surface area (Å²) in [4.78, 5) is 104. The number of carbonyl (C=O) groups excluding carboxylic acids is 4. The van der Waals surface area contributed by atoms with Gasteiger partial charge in [0.1, 0.15) is 24.6 Å². The number of carboxylic acids is 1. The summed E-state index contributed by atoms with van der Waals surface area (Å²) in [5.41, 5.74) is 25.2.